The lowest BCUT2D eigenvalue weighted by molar-refractivity contribution is -0.122. The van der Waals surface area contributed by atoms with Crippen LogP contribution in [0.3, 0.4) is 0 Å². The van der Waals surface area contributed by atoms with Crippen LogP contribution in [0, 0.1) is 5.92 Å². The molecule has 1 N–H and O–H groups in total. The summed E-state index contributed by atoms with van der Waals surface area (Å²) in [6.07, 6.45) is 5.50. The molecular formula is C36H28N2O4. The Hall–Kier alpha value is -5.23. The molecule has 6 heteroatoms. The molecule has 3 heterocycles. The second-order valence-corrected chi connectivity index (χ2v) is 10.8. The van der Waals surface area contributed by atoms with Gasteiger partial charge in [0.15, 0.2) is 11.6 Å². The first kappa shape index (κ1) is 25.7. The van der Waals surface area contributed by atoms with Crippen molar-refractivity contribution < 1.29 is 19.1 Å². The van der Waals surface area contributed by atoms with Crippen LogP contribution in [0.2, 0.25) is 0 Å². The number of amides is 1. The van der Waals surface area contributed by atoms with Crippen LogP contribution >= 0.6 is 0 Å². The summed E-state index contributed by atoms with van der Waals surface area (Å²) in [6.45, 7) is 4.02. The second-order valence-electron chi connectivity index (χ2n) is 10.8. The minimum Gasteiger partial charge on any atom is -0.490 e. The Labute approximate surface area is 243 Å². The van der Waals surface area contributed by atoms with Crippen LogP contribution in [-0.2, 0) is 10.2 Å². The fourth-order valence-corrected chi connectivity index (χ4v) is 6.99. The number of benzene rings is 4. The van der Waals surface area contributed by atoms with E-state index in [9.17, 15) is 14.4 Å². The zero-order valence-electron chi connectivity index (χ0n) is 22.8. The van der Waals surface area contributed by atoms with E-state index in [4.69, 9.17) is 4.74 Å². The number of Topliss-reactive ketones (excluding diaryl/α,β-unsaturated/α-hetero) is 2. The normalized spacial score (nSPS) is 23.1. The number of ether oxygens (including phenoxy) is 1. The van der Waals surface area contributed by atoms with Gasteiger partial charge in [-0.05, 0) is 53.1 Å². The average Bonchev–Trinajstić information content (AvgIpc) is 3.52. The van der Waals surface area contributed by atoms with Crippen LogP contribution in [0.15, 0.2) is 122 Å². The van der Waals surface area contributed by atoms with Crippen molar-refractivity contribution in [3.63, 3.8) is 0 Å². The first-order chi connectivity index (χ1) is 20.6. The van der Waals surface area contributed by atoms with Crippen molar-refractivity contribution in [1.82, 2.24) is 4.90 Å². The third-order valence-electron chi connectivity index (χ3n) is 8.69. The predicted octanol–water partition coefficient (Wildman–Crippen LogP) is 6.23. The Morgan fingerprint density at radius 3 is 2.33 bits per heavy atom. The molecule has 4 aromatic carbocycles. The lowest BCUT2D eigenvalue weighted by Gasteiger charge is -2.38. The van der Waals surface area contributed by atoms with E-state index in [1.807, 2.05) is 83.9 Å². The van der Waals surface area contributed by atoms with Gasteiger partial charge in [-0.15, -0.1) is 0 Å². The van der Waals surface area contributed by atoms with Crippen molar-refractivity contribution in [2.75, 3.05) is 11.9 Å². The number of nitrogens with one attached hydrogen (secondary N) is 1. The van der Waals surface area contributed by atoms with Gasteiger partial charge in [0.1, 0.15) is 23.8 Å². The number of rotatable bonds is 7. The third-order valence-corrected chi connectivity index (χ3v) is 8.69. The summed E-state index contributed by atoms with van der Waals surface area (Å²) in [4.78, 5) is 45.8. The summed E-state index contributed by atoms with van der Waals surface area (Å²) in [5.41, 5.74) is 2.78. The highest BCUT2D eigenvalue weighted by Gasteiger charge is 2.70. The number of hydrogen-bond acceptors (Lipinski definition) is 5. The number of ketones is 2. The van der Waals surface area contributed by atoms with Crippen molar-refractivity contribution in [3.05, 3.63) is 150 Å². The molecule has 0 aliphatic carbocycles. The molecule has 0 saturated carbocycles. The van der Waals surface area contributed by atoms with Crippen LogP contribution in [0.1, 0.15) is 43.4 Å². The number of para-hydroxylation sites is 1. The molecule has 7 rings (SSSR count). The first-order valence-corrected chi connectivity index (χ1v) is 14.0. The van der Waals surface area contributed by atoms with Gasteiger partial charge >= 0.3 is 0 Å². The van der Waals surface area contributed by atoms with E-state index in [-0.39, 0.29) is 17.5 Å². The van der Waals surface area contributed by atoms with Crippen LogP contribution in [0.5, 0.6) is 5.75 Å². The number of carbonyl (C=O) groups is 3. The van der Waals surface area contributed by atoms with Crippen LogP contribution in [-0.4, -0.2) is 35.0 Å². The van der Waals surface area contributed by atoms with Crippen molar-refractivity contribution in [3.8, 4) is 5.75 Å². The predicted molar refractivity (Wildman–Crippen MR) is 161 cm³/mol. The summed E-state index contributed by atoms with van der Waals surface area (Å²) < 4.78 is 5.64. The number of carbonyl (C=O) groups excluding carboxylic acids is 3. The lowest BCUT2D eigenvalue weighted by Crippen LogP contribution is -2.49. The fourth-order valence-electron chi connectivity index (χ4n) is 6.99. The molecule has 0 unspecified atom stereocenters. The van der Waals surface area contributed by atoms with E-state index >= 15 is 0 Å². The molecule has 206 valence electrons. The number of anilines is 1. The number of fused-ring (bicyclic) bond motifs is 6. The maximum Gasteiger partial charge on any atom is 0.238 e. The Balaban J connectivity index is 1.48. The van der Waals surface area contributed by atoms with Gasteiger partial charge in [-0.25, -0.2) is 0 Å². The van der Waals surface area contributed by atoms with Crippen molar-refractivity contribution in [1.29, 1.82) is 0 Å². The molecule has 3 aliphatic heterocycles. The topological polar surface area (TPSA) is 75.7 Å². The highest BCUT2D eigenvalue weighted by molar-refractivity contribution is 6.16. The molecule has 4 aromatic rings. The first-order valence-electron chi connectivity index (χ1n) is 14.0. The molecule has 0 aromatic heterocycles. The van der Waals surface area contributed by atoms with Gasteiger partial charge in [-0.3, -0.25) is 14.4 Å². The van der Waals surface area contributed by atoms with Gasteiger partial charge < -0.3 is 15.0 Å². The minimum atomic E-state index is -1.36. The van der Waals surface area contributed by atoms with Crippen LogP contribution in [0.25, 0.3) is 6.08 Å². The van der Waals surface area contributed by atoms with Crippen molar-refractivity contribution in [2.45, 2.75) is 17.5 Å². The SMILES string of the molecule is C=CCOc1ccc(C(=O)[C@@H]2[C@@H](C(=O)c3ccccc3)N3C=Cc4ccccc4[C@@H]3[C@]23C(=O)Nc2ccccc23)cc1. The second kappa shape index (κ2) is 10.00. The molecule has 3 aliphatic rings. The van der Waals surface area contributed by atoms with Crippen molar-refractivity contribution >= 4 is 29.2 Å². The Morgan fingerprint density at radius 1 is 0.857 bits per heavy atom. The summed E-state index contributed by atoms with van der Waals surface area (Å²) >= 11 is 0. The maximum absolute atomic E-state index is 14.9. The molecule has 1 fully saturated rings. The van der Waals surface area contributed by atoms with Crippen LogP contribution in [0.4, 0.5) is 5.69 Å². The Kier molecular flexibility index (Phi) is 6.12. The highest BCUT2D eigenvalue weighted by Crippen LogP contribution is 2.62. The van der Waals surface area contributed by atoms with E-state index in [2.05, 4.69) is 11.9 Å². The van der Waals surface area contributed by atoms with E-state index in [0.717, 1.165) is 16.7 Å². The minimum absolute atomic E-state index is 0.206. The summed E-state index contributed by atoms with van der Waals surface area (Å²) in [7, 11) is 0. The van der Waals surface area contributed by atoms with Gasteiger partial charge in [0.05, 0.1) is 12.0 Å². The smallest absolute Gasteiger partial charge is 0.238 e. The molecule has 4 atom stereocenters. The highest BCUT2D eigenvalue weighted by atomic mass is 16.5. The largest absolute Gasteiger partial charge is 0.490 e. The maximum atomic E-state index is 14.9. The average molecular weight is 553 g/mol. The fraction of sp³-hybridized carbons (Fsp3) is 0.139. The molecule has 1 spiro atoms. The van der Waals surface area contributed by atoms with E-state index in [0.29, 0.717) is 29.2 Å². The number of hydrogen-bond donors (Lipinski definition) is 1. The van der Waals surface area contributed by atoms with Gasteiger partial charge in [0.25, 0.3) is 0 Å². The molecular weight excluding hydrogens is 524 g/mol. The molecule has 42 heavy (non-hydrogen) atoms. The summed E-state index contributed by atoms with van der Waals surface area (Å²) in [6, 6.07) is 29.8. The summed E-state index contributed by atoms with van der Waals surface area (Å²) in [5, 5.41) is 3.08. The van der Waals surface area contributed by atoms with Gasteiger partial charge in [0, 0.05) is 23.0 Å². The van der Waals surface area contributed by atoms with E-state index in [1.165, 1.54) is 0 Å². The lowest BCUT2D eigenvalue weighted by atomic mass is 9.62. The van der Waals surface area contributed by atoms with Gasteiger partial charge in [-0.2, -0.15) is 0 Å². The number of nitrogens with zero attached hydrogens (tertiary/aromatic N) is 1. The van der Waals surface area contributed by atoms with Crippen molar-refractivity contribution in [2.24, 2.45) is 5.92 Å². The summed E-state index contributed by atoms with van der Waals surface area (Å²) in [5.74, 6) is -1.18. The zero-order chi connectivity index (χ0) is 28.8. The molecule has 1 saturated heterocycles. The third kappa shape index (κ3) is 3.68. The Bertz CT molecular complexity index is 1760. The quantitative estimate of drug-likeness (QED) is 0.217. The van der Waals surface area contributed by atoms with Gasteiger partial charge in [0.2, 0.25) is 5.91 Å². The zero-order valence-corrected chi connectivity index (χ0v) is 22.8. The molecule has 0 bridgehead atoms. The molecule has 0 radical (unpaired) electrons. The monoisotopic (exact) mass is 552 g/mol. The van der Waals surface area contributed by atoms with Gasteiger partial charge in [-0.1, -0.05) is 85.5 Å². The molecule has 1 amide bonds. The standard InChI is InChI=1S/C36H28N2O4/c1-2-22-42-26-18-16-25(17-19-26)32(39)30-31(33(40)24-11-4-3-5-12-24)38-21-20-23-10-6-7-13-27(23)34(38)36(30)28-14-8-9-15-29(28)37-35(36)41/h2-21,30-31,34H,1,22H2,(H,37,41)/t30-,31-,34+,36+/m0/s1. The Morgan fingerprint density at radius 2 is 1.55 bits per heavy atom. The molecule has 6 nitrogen and oxygen atoms in total. The van der Waals surface area contributed by atoms with E-state index < -0.39 is 23.4 Å². The van der Waals surface area contributed by atoms with Crippen LogP contribution < -0.4 is 10.1 Å². The van der Waals surface area contributed by atoms with E-state index in [1.54, 1.807) is 42.5 Å².